The van der Waals surface area contributed by atoms with Crippen LogP contribution in [-0.4, -0.2) is 54.6 Å². The van der Waals surface area contributed by atoms with Gasteiger partial charge in [0.25, 0.3) is 0 Å². The van der Waals surface area contributed by atoms with E-state index in [1.54, 1.807) is 6.07 Å². The second kappa shape index (κ2) is 7.95. The predicted octanol–water partition coefficient (Wildman–Crippen LogP) is 1.27. The predicted molar refractivity (Wildman–Crippen MR) is 102 cm³/mol. The van der Waals surface area contributed by atoms with Crippen molar-refractivity contribution in [3.05, 3.63) is 24.0 Å². The summed E-state index contributed by atoms with van der Waals surface area (Å²) < 4.78 is 30.7. The van der Waals surface area contributed by atoms with Gasteiger partial charge >= 0.3 is 0 Å². The van der Waals surface area contributed by atoms with E-state index in [2.05, 4.69) is 16.5 Å². The maximum atomic E-state index is 12.5. The average Bonchev–Trinajstić information content (AvgIpc) is 2.96. The lowest BCUT2D eigenvalue weighted by molar-refractivity contribution is -0.138. The van der Waals surface area contributed by atoms with Crippen molar-refractivity contribution in [3.8, 4) is 0 Å². The van der Waals surface area contributed by atoms with Gasteiger partial charge in [-0.25, -0.2) is 18.5 Å². The molecule has 148 valence electrons. The summed E-state index contributed by atoms with van der Waals surface area (Å²) in [4.78, 5) is 19.0. The number of ether oxygens (including phenoxy) is 1. The number of hydrogen-bond donors (Lipinski definition) is 1. The van der Waals surface area contributed by atoms with E-state index in [-0.39, 0.29) is 16.9 Å². The Morgan fingerprint density at radius 2 is 2.19 bits per heavy atom. The summed E-state index contributed by atoms with van der Waals surface area (Å²) in [7, 11) is -3.78. The van der Waals surface area contributed by atoms with E-state index in [0.29, 0.717) is 38.1 Å². The number of amides is 1. The second-order valence-corrected chi connectivity index (χ2v) is 8.46. The number of imidazole rings is 1. The van der Waals surface area contributed by atoms with Crippen LogP contribution in [0.1, 0.15) is 32.5 Å². The van der Waals surface area contributed by atoms with Gasteiger partial charge in [0, 0.05) is 32.5 Å². The molecule has 1 aliphatic rings. The summed E-state index contributed by atoms with van der Waals surface area (Å²) >= 11 is 0. The zero-order chi connectivity index (χ0) is 19.6. The first-order valence-corrected chi connectivity index (χ1v) is 10.8. The van der Waals surface area contributed by atoms with Crippen LogP contribution in [0.2, 0.25) is 0 Å². The lowest BCUT2D eigenvalue weighted by Crippen LogP contribution is -2.44. The molecule has 0 radical (unpaired) electrons. The molecule has 8 nitrogen and oxygen atoms in total. The third-order valence-corrected chi connectivity index (χ3v) is 5.64. The van der Waals surface area contributed by atoms with E-state index in [1.165, 1.54) is 12.1 Å². The Morgan fingerprint density at radius 1 is 1.41 bits per heavy atom. The number of morpholine rings is 1. The van der Waals surface area contributed by atoms with Crippen molar-refractivity contribution in [2.24, 2.45) is 5.14 Å². The van der Waals surface area contributed by atoms with Crippen LogP contribution in [0.3, 0.4) is 0 Å². The third kappa shape index (κ3) is 4.48. The van der Waals surface area contributed by atoms with Gasteiger partial charge in [-0.05, 0) is 31.5 Å². The number of carbonyl (C=O) groups excluding carboxylic acids is 1. The normalized spacial score (nSPS) is 18.2. The zero-order valence-electron chi connectivity index (χ0n) is 15.7. The van der Waals surface area contributed by atoms with Crippen LogP contribution in [-0.2, 0) is 32.5 Å². The molecule has 0 bridgehead atoms. The smallest absolute Gasteiger partial charge is 0.238 e. The summed E-state index contributed by atoms with van der Waals surface area (Å²) in [6.45, 7) is 6.58. The van der Waals surface area contributed by atoms with Crippen LogP contribution in [0.4, 0.5) is 0 Å². The largest absolute Gasteiger partial charge is 0.375 e. The van der Waals surface area contributed by atoms with E-state index in [9.17, 15) is 13.2 Å². The van der Waals surface area contributed by atoms with E-state index in [4.69, 9.17) is 9.88 Å². The molecule has 1 atom stereocenters. The highest BCUT2D eigenvalue weighted by molar-refractivity contribution is 7.89. The third-order valence-electron chi connectivity index (χ3n) is 4.73. The summed E-state index contributed by atoms with van der Waals surface area (Å²) in [5.74, 6) is 0.874. The summed E-state index contributed by atoms with van der Waals surface area (Å²) in [5, 5.41) is 5.22. The van der Waals surface area contributed by atoms with Gasteiger partial charge in [-0.15, -0.1) is 0 Å². The summed E-state index contributed by atoms with van der Waals surface area (Å²) in [5.41, 5.74) is 1.43. The van der Waals surface area contributed by atoms with Crippen LogP contribution in [0, 0.1) is 0 Å². The molecule has 2 aromatic rings. The molecule has 1 fully saturated rings. The molecule has 1 aromatic carbocycles. The van der Waals surface area contributed by atoms with E-state index >= 15 is 0 Å². The number of fused-ring (bicyclic) bond motifs is 1. The number of hydrogen-bond acceptors (Lipinski definition) is 5. The monoisotopic (exact) mass is 394 g/mol. The van der Waals surface area contributed by atoms with Crippen molar-refractivity contribution in [2.45, 2.75) is 50.7 Å². The zero-order valence-corrected chi connectivity index (χ0v) is 16.5. The first-order valence-electron chi connectivity index (χ1n) is 9.21. The molecule has 0 aliphatic carbocycles. The van der Waals surface area contributed by atoms with Crippen molar-refractivity contribution in [3.63, 3.8) is 0 Å². The van der Waals surface area contributed by atoms with Gasteiger partial charge in [0.05, 0.1) is 28.6 Å². The lowest BCUT2D eigenvalue weighted by atomic mass is 10.2. The number of aryl methyl sites for hydroxylation is 2. The number of benzene rings is 1. The van der Waals surface area contributed by atoms with Gasteiger partial charge in [0.1, 0.15) is 5.82 Å². The fraction of sp³-hybridized carbons (Fsp3) is 0.556. The molecular weight excluding hydrogens is 368 g/mol. The van der Waals surface area contributed by atoms with Gasteiger partial charge < -0.3 is 14.2 Å². The molecule has 0 spiro atoms. The Balaban J connectivity index is 1.82. The molecule has 2 heterocycles. The molecule has 27 heavy (non-hydrogen) atoms. The fourth-order valence-corrected chi connectivity index (χ4v) is 3.96. The number of sulfonamides is 1. The van der Waals surface area contributed by atoms with Crippen LogP contribution >= 0.6 is 0 Å². The molecule has 1 aromatic heterocycles. The number of primary sulfonamides is 1. The lowest BCUT2D eigenvalue weighted by Gasteiger charge is -2.31. The highest BCUT2D eigenvalue weighted by Gasteiger charge is 2.22. The molecule has 3 rings (SSSR count). The minimum atomic E-state index is -3.78. The molecular formula is C18H26N4O4S. The molecule has 0 saturated carbocycles. The summed E-state index contributed by atoms with van der Waals surface area (Å²) in [6, 6.07) is 4.72. The van der Waals surface area contributed by atoms with E-state index < -0.39 is 10.0 Å². The Bertz CT molecular complexity index is 938. The van der Waals surface area contributed by atoms with Crippen molar-refractivity contribution in [1.29, 1.82) is 0 Å². The standard InChI is InChI=1S/C18H26N4O4S/c1-3-8-22-16-5-4-14(27(19,24)25)11-15(16)20-17(22)6-7-18(23)21-9-10-26-13(2)12-21/h4-5,11,13H,3,6-10,12H2,1-2H3,(H2,19,24,25). The molecule has 9 heteroatoms. The van der Waals surface area contributed by atoms with Crippen molar-refractivity contribution in [1.82, 2.24) is 14.5 Å². The summed E-state index contributed by atoms with van der Waals surface area (Å²) in [6.07, 6.45) is 1.83. The van der Waals surface area contributed by atoms with E-state index in [0.717, 1.165) is 24.3 Å². The van der Waals surface area contributed by atoms with Crippen molar-refractivity contribution in [2.75, 3.05) is 19.7 Å². The Kier molecular flexibility index (Phi) is 5.83. The van der Waals surface area contributed by atoms with Crippen molar-refractivity contribution < 1.29 is 17.9 Å². The minimum Gasteiger partial charge on any atom is -0.375 e. The first kappa shape index (κ1) is 19.8. The number of rotatable bonds is 6. The van der Waals surface area contributed by atoms with Gasteiger partial charge in [0.15, 0.2) is 0 Å². The number of carbonyl (C=O) groups is 1. The molecule has 1 saturated heterocycles. The van der Waals surface area contributed by atoms with Crippen LogP contribution in [0.5, 0.6) is 0 Å². The van der Waals surface area contributed by atoms with Crippen LogP contribution < -0.4 is 5.14 Å². The maximum absolute atomic E-state index is 12.5. The molecule has 1 aliphatic heterocycles. The van der Waals surface area contributed by atoms with Gasteiger partial charge in [-0.3, -0.25) is 4.79 Å². The van der Waals surface area contributed by atoms with Crippen LogP contribution in [0.25, 0.3) is 11.0 Å². The quantitative estimate of drug-likeness (QED) is 0.794. The Hall–Kier alpha value is -1.97. The minimum absolute atomic E-state index is 0.0427. The highest BCUT2D eigenvalue weighted by Crippen LogP contribution is 2.21. The second-order valence-electron chi connectivity index (χ2n) is 6.90. The fourth-order valence-electron chi connectivity index (χ4n) is 3.42. The van der Waals surface area contributed by atoms with Gasteiger partial charge in [-0.1, -0.05) is 6.92 Å². The average molecular weight is 394 g/mol. The molecule has 1 unspecified atom stereocenters. The molecule has 1 amide bonds. The SMILES string of the molecule is CCCn1c(CCC(=O)N2CCOC(C)C2)nc2cc(S(N)(=O)=O)ccc21. The Labute approximate surface area is 159 Å². The maximum Gasteiger partial charge on any atom is 0.238 e. The Morgan fingerprint density at radius 3 is 2.85 bits per heavy atom. The number of nitrogens with two attached hydrogens (primary N) is 1. The highest BCUT2D eigenvalue weighted by atomic mass is 32.2. The topological polar surface area (TPSA) is 108 Å². The van der Waals surface area contributed by atoms with E-state index in [1.807, 2.05) is 11.8 Å². The number of nitrogens with zero attached hydrogens (tertiary/aromatic N) is 3. The van der Waals surface area contributed by atoms with Crippen LogP contribution in [0.15, 0.2) is 23.1 Å². The van der Waals surface area contributed by atoms with Gasteiger partial charge in [-0.2, -0.15) is 0 Å². The first-order chi connectivity index (χ1) is 12.8. The number of aromatic nitrogens is 2. The van der Waals surface area contributed by atoms with Gasteiger partial charge in [0.2, 0.25) is 15.9 Å². The molecule has 2 N–H and O–H groups in total. The van der Waals surface area contributed by atoms with Crippen molar-refractivity contribution >= 4 is 27.0 Å².